The molecule has 0 aliphatic rings. The SMILES string of the molecule is C=Cc1nc(OCC)n(Cc2ccc(-c3ccccc3C(=O)OC(C)(C)C)cc2F)c1CN=O. The fourth-order valence-electron chi connectivity index (χ4n) is 3.53. The van der Waals surface area contributed by atoms with Gasteiger partial charge in [0.2, 0.25) is 0 Å². The van der Waals surface area contributed by atoms with Gasteiger partial charge >= 0.3 is 5.97 Å². The molecule has 0 amide bonds. The third kappa shape index (κ3) is 5.57. The molecule has 0 saturated carbocycles. The van der Waals surface area contributed by atoms with Gasteiger partial charge in [0.05, 0.1) is 30.1 Å². The molecular formula is C26H28FN3O4. The molecule has 0 spiro atoms. The molecule has 0 bridgehead atoms. The number of imidazole rings is 1. The zero-order chi connectivity index (χ0) is 24.9. The van der Waals surface area contributed by atoms with Gasteiger partial charge < -0.3 is 9.47 Å². The number of rotatable bonds is 9. The summed E-state index contributed by atoms with van der Waals surface area (Å²) in [7, 11) is 0. The van der Waals surface area contributed by atoms with Crippen LogP contribution in [-0.2, 0) is 17.8 Å². The van der Waals surface area contributed by atoms with Crippen molar-refractivity contribution in [2.45, 2.75) is 46.4 Å². The van der Waals surface area contributed by atoms with E-state index >= 15 is 4.39 Å². The Balaban J connectivity index is 1.98. The first-order chi connectivity index (χ1) is 16.2. The van der Waals surface area contributed by atoms with Crippen molar-refractivity contribution in [1.82, 2.24) is 9.55 Å². The second kappa shape index (κ2) is 10.4. The van der Waals surface area contributed by atoms with Crippen molar-refractivity contribution in [2.75, 3.05) is 6.61 Å². The van der Waals surface area contributed by atoms with E-state index in [9.17, 15) is 9.70 Å². The lowest BCUT2D eigenvalue weighted by molar-refractivity contribution is 0.00704. The quantitative estimate of drug-likeness (QED) is 0.286. The smallest absolute Gasteiger partial charge is 0.339 e. The average molecular weight is 466 g/mol. The first-order valence-corrected chi connectivity index (χ1v) is 10.9. The van der Waals surface area contributed by atoms with Gasteiger partial charge in [-0.2, -0.15) is 9.89 Å². The summed E-state index contributed by atoms with van der Waals surface area (Å²) in [6.45, 7) is 11.2. The zero-order valence-electron chi connectivity index (χ0n) is 19.8. The topological polar surface area (TPSA) is 82.8 Å². The monoisotopic (exact) mass is 465 g/mol. The first-order valence-electron chi connectivity index (χ1n) is 10.9. The van der Waals surface area contributed by atoms with E-state index in [-0.39, 0.29) is 19.1 Å². The number of ether oxygens (including phenoxy) is 2. The Bertz CT molecular complexity index is 1210. The molecule has 0 fully saturated rings. The van der Waals surface area contributed by atoms with Crippen molar-refractivity contribution >= 4 is 12.0 Å². The van der Waals surface area contributed by atoms with Gasteiger partial charge in [0, 0.05) is 5.56 Å². The Hall–Kier alpha value is -3.81. The number of nitrogens with zero attached hydrogens (tertiary/aromatic N) is 3. The Morgan fingerprint density at radius 2 is 1.97 bits per heavy atom. The third-order valence-corrected chi connectivity index (χ3v) is 4.99. The minimum absolute atomic E-state index is 0.0842. The predicted octanol–water partition coefficient (Wildman–Crippen LogP) is 6.00. The summed E-state index contributed by atoms with van der Waals surface area (Å²) in [6.07, 6.45) is 1.51. The molecule has 0 radical (unpaired) electrons. The van der Waals surface area contributed by atoms with Gasteiger partial charge in [-0.15, -0.1) is 0 Å². The molecule has 0 aliphatic heterocycles. The normalized spacial score (nSPS) is 11.2. The van der Waals surface area contributed by atoms with Crippen molar-refractivity contribution in [3.8, 4) is 17.1 Å². The summed E-state index contributed by atoms with van der Waals surface area (Å²) in [5, 5.41) is 2.97. The maximum atomic E-state index is 15.3. The summed E-state index contributed by atoms with van der Waals surface area (Å²) in [6, 6.07) is 11.9. The number of carbonyl (C=O) groups is 1. The first kappa shape index (κ1) is 24.8. The van der Waals surface area contributed by atoms with E-state index in [1.54, 1.807) is 61.7 Å². The minimum atomic E-state index is -0.652. The number of aromatic nitrogens is 2. The highest BCUT2D eigenvalue weighted by Crippen LogP contribution is 2.29. The van der Waals surface area contributed by atoms with E-state index in [0.717, 1.165) is 0 Å². The van der Waals surface area contributed by atoms with Crippen LogP contribution in [0, 0.1) is 10.7 Å². The maximum Gasteiger partial charge on any atom is 0.339 e. The van der Waals surface area contributed by atoms with E-state index < -0.39 is 17.4 Å². The van der Waals surface area contributed by atoms with Crippen LogP contribution < -0.4 is 4.74 Å². The molecule has 2 aromatic carbocycles. The van der Waals surface area contributed by atoms with Gasteiger partial charge in [-0.05, 0) is 57.0 Å². The van der Waals surface area contributed by atoms with Gasteiger partial charge in [0.25, 0.3) is 6.01 Å². The molecule has 1 aromatic heterocycles. The molecule has 8 heteroatoms. The van der Waals surface area contributed by atoms with Crippen molar-refractivity contribution < 1.29 is 18.7 Å². The number of hydrogen-bond acceptors (Lipinski definition) is 6. The third-order valence-electron chi connectivity index (χ3n) is 4.99. The van der Waals surface area contributed by atoms with Crippen molar-refractivity contribution in [1.29, 1.82) is 0 Å². The second-order valence-corrected chi connectivity index (χ2v) is 8.59. The lowest BCUT2D eigenvalue weighted by atomic mass is 9.98. The van der Waals surface area contributed by atoms with Crippen LogP contribution in [0.15, 0.2) is 54.2 Å². The van der Waals surface area contributed by atoms with Crippen molar-refractivity contribution in [3.05, 3.63) is 82.3 Å². The molecule has 0 saturated heterocycles. The largest absolute Gasteiger partial charge is 0.465 e. The molecule has 3 rings (SSSR count). The van der Waals surface area contributed by atoms with E-state index in [4.69, 9.17) is 9.47 Å². The number of hydrogen-bond donors (Lipinski definition) is 0. The highest BCUT2D eigenvalue weighted by atomic mass is 19.1. The van der Waals surface area contributed by atoms with E-state index in [2.05, 4.69) is 16.7 Å². The Kier molecular flexibility index (Phi) is 7.61. The molecule has 1 heterocycles. The number of halogens is 1. The van der Waals surface area contributed by atoms with E-state index in [1.165, 1.54) is 12.1 Å². The number of nitroso groups, excluding NO2 is 1. The molecule has 0 N–H and O–H groups in total. The van der Waals surface area contributed by atoms with Crippen molar-refractivity contribution in [3.63, 3.8) is 0 Å². The van der Waals surface area contributed by atoms with Crippen LogP contribution in [0.2, 0.25) is 0 Å². The zero-order valence-corrected chi connectivity index (χ0v) is 19.8. The number of benzene rings is 2. The lowest BCUT2D eigenvalue weighted by Crippen LogP contribution is -2.24. The summed E-state index contributed by atoms with van der Waals surface area (Å²) in [5.41, 5.74) is 2.13. The minimum Gasteiger partial charge on any atom is -0.465 e. The summed E-state index contributed by atoms with van der Waals surface area (Å²) in [4.78, 5) is 28.0. The highest BCUT2D eigenvalue weighted by molar-refractivity contribution is 5.97. The number of esters is 1. The van der Waals surface area contributed by atoms with Crippen LogP contribution in [0.3, 0.4) is 0 Å². The Morgan fingerprint density at radius 1 is 1.24 bits per heavy atom. The predicted molar refractivity (Wildman–Crippen MR) is 129 cm³/mol. The second-order valence-electron chi connectivity index (χ2n) is 8.59. The van der Waals surface area contributed by atoms with E-state index in [1.807, 2.05) is 6.92 Å². The molecule has 34 heavy (non-hydrogen) atoms. The van der Waals surface area contributed by atoms with E-state index in [0.29, 0.717) is 40.2 Å². The van der Waals surface area contributed by atoms with Gasteiger partial charge in [-0.3, -0.25) is 4.57 Å². The highest BCUT2D eigenvalue weighted by Gasteiger charge is 2.22. The lowest BCUT2D eigenvalue weighted by Gasteiger charge is -2.20. The number of carbonyl (C=O) groups excluding carboxylic acids is 1. The Morgan fingerprint density at radius 3 is 2.59 bits per heavy atom. The maximum absolute atomic E-state index is 15.3. The van der Waals surface area contributed by atoms with Gasteiger partial charge in [0.1, 0.15) is 18.0 Å². The standard InChI is InChI=1S/C26H28FN3O4/c1-6-22-23(15-28-32)30(25(29-22)33-7-2)16-18-13-12-17(14-21(18)27)19-10-8-9-11-20(19)24(31)34-26(3,4)5/h6,8-14H,1,7,15-16H2,2-5H3. The molecule has 178 valence electrons. The molecule has 7 nitrogen and oxygen atoms in total. The summed E-state index contributed by atoms with van der Waals surface area (Å²) >= 11 is 0. The molecule has 0 aliphatic carbocycles. The summed E-state index contributed by atoms with van der Waals surface area (Å²) < 4.78 is 28.0. The van der Waals surface area contributed by atoms with Crippen LogP contribution in [0.25, 0.3) is 17.2 Å². The molecule has 0 unspecified atom stereocenters. The van der Waals surface area contributed by atoms with Crippen LogP contribution in [0.1, 0.15) is 55.0 Å². The van der Waals surface area contributed by atoms with Crippen LogP contribution in [0.4, 0.5) is 4.39 Å². The van der Waals surface area contributed by atoms with Crippen LogP contribution in [0.5, 0.6) is 6.01 Å². The fraction of sp³-hybridized carbons (Fsp3) is 0.308. The van der Waals surface area contributed by atoms with Crippen LogP contribution >= 0.6 is 0 Å². The van der Waals surface area contributed by atoms with Crippen molar-refractivity contribution in [2.24, 2.45) is 5.18 Å². The Labute approximate surface area is 198 Å². The van der Waals surface area contributed by atoms with Gasteiger partial charge in [-0.1, -0.05) is 42.1 Å². The van der Waals surface area contributed by atoms with Crippen LogP contribution in [-0.4, -0.2) is 27.7 Å². The summed E-state index contributed by atoms with van der Waals surface area (Å²) in [5.74, 6) is -0.951. The molecular weight excluding hydrogens is 437 g/mol. The average Bonchev–Trinajstić information content (AvgIpc) is 3.10. The fourth-order valence-corrected chi connectivity index (χ4v) is 3.53. The molecule has 3 aromatic rings. The van der Waals surface area contributed by atoms with Gasteiger partial charge in [-0.25, -0.2) is 9.18 Å². The van der Waals surface area contributed by atoms with Gasteiger partial charge in [0.15, 0.2) is 0 Å². The molecule has 0 atom stereocenters.